The quantitative estimate of drug-likeness (QED) is 0.0937. The smallest absolute Gasteiger partial charge is 0.309 e. The van der Waals surface area contributed by atoms with E-state index in [1.807, 2.05) is 97.1 Å². The predicted octanol–water partition coefficient (Wildman–Crippen LogP) is 9.78. The summed E-state index contributed by atoms with van der Waals surface area (Å²) in [5.74, 6) is -3.91. The van der Waals surface area contributed by atoms with E-state index in [1.165, 1.54) is 7.11 Å². The number of methoxy groups -OCH3 is 1. The van der Waals surface area contributed by atoms with Crippen molar-refractivity contribution in [3.05, 3.63) is 120 Å². The lowest BCUT2D eigenvalue weighted by Crippen LogP contribution is -2.34. The van der Waals surface area contributed by atoms with Crippen molar-refractivity contribution in [1.29, 1.82) is 0 Å². The molecule has 2 saturated carbocycles. The second kappa shape index (κ2) is 20.8. The third-order valence-electron chi connectivity index (χ3n) is 12.2. The number of carboxylic acid groups (broad SMARTS) is 2. The van der Waals surface area contributed by atoms with E-state index in [0.717, 1.165) is 71.9 Å². The minimum atomic E-state index is -1.02. The summed E-state index contributed by atoms with van der Waals surface area (Å²) in [6, 6.07) is 35.8. The Hall–Kier alpha value is -5.70. The van der Waals surface area contributed by atoms with E-state index < -0.39 is 34.6 Å². The molecule has 9 nitrogen and oxygen atoms in total. The molecule has 59 heavy (non-hydrogen) atoms. The highest BCUT2D eigenvalue weighted by molar-refractivity contribution is 5.93. The first-order chi connectivity index (χ1) is 28.3. The molecule has 0 saturated heterocycles. The fraction of sp³-hybridized carbons (Fsp3) is 0.400. The van der Waals surface area contributed by atoms with E-state index in [1.54, 1.807) is 6.92 Å². The molecule has 0 bridgehead atoms. The monoisotopic (exact) mass is 800 g/mol. The van der Waals surface area contributed by atoms with Crippen LogP contribution in [0.5, 0.6) is 0 Å². The van der Waals surface area contributed by atoms with Gasteiger partial charge in [0.05, 0.1) is 25.4 Å². The summed E-state index contributed by atoms with van der Waals surface area (Å²) >= 11 is 0. The summed E-state index contributed by atoms with van der Waals surface area (Å²) in [6.07, 6.45) is 6.89. The van der Waals surface area contributed by atoms with Crippen LogP contribution in [0.2, 0.25) is 0 Å². The summed E-state index contributed by atoms with van der Waals surface area (Å²) in [6.45, 7) is 1.54. The molecule has 2 aliphatic carbocycles. The zero-order valence-electron chi connectivity index (χ0n) is 34.2. The number of benzene rings is 4. The molecule has 0 unspecified atom stereocenters. The lowest BCUT2D eigenvalue weighted by molar-refractivity contribution is -0.148. The van der Waals surface area contributed by atoms with Gasteiger partial charge in [-0.3, -0.25) is 28.8 Å². The number of ether oxygens (including phenoxy) is 1. The second-order valence-corrected chi connectivity index (χ2v) is 16.5. The Morgan fingerprint density at radius 1 is 0.542 bits per heavy atom. The van der Waals surface area contributed by atoms with Crippen molar-refractivity contribution in [2.45, 2.75) is 96.8 Å². The van der Waals surface area contributed by atoms with E-state index in [0.29, 0.717) is 19.3 Å². The summed E-state index contributed by atoms with van der Waals surface area (Å²) < 4.78 is 5.00. The van der Waals surface area contributed by atoms with Crippen molar-refractivity contribution >= 4 is 35.3 Å². The average Bonchev–Trinajstić information content (AvgIpc) is 3.92. The summed E-state index contributed by atoms with van der Waals surface area (Å²) in [5.41, 5.74) is 4.73. The molecule has 4 aromatic carbocycles. The Morgan fingerprint density at radius 2 is 0.915 bits per heavy atom. The minimum Gasteiger partial charge on any atom is -0.481 e. The summed E-state index contributed by atoms with van der Waals surface area (Å²) in [7, 11) is 1.36. The normalized spacial score (nSPS) is 16.2. The highest BCUT2D eigenvalue weighted by atomic mass is 16.5. The van der Waals surface area contributed by atoms with Crippen LogP contribution in [0.15, 0.2) is 109 Å². The fourth-order valence-electron chi connectivity index (χ4n) is 9.01. The molecule has 0 aromatic heterocycles. The van der Waals surface area contributed by atoms with Gasteiger partial charge in [-0.05, 0) is 78.8 Å². The van der Waals surface area contributed by atoms with Crippen LogP contribution in [0, 0.1) is 22.7 Å². The first-order valence-electron chi connectivity index (χ1n) is 20.7. The highest BCUT2D eigenvalue weighted by Crippen LogP contribution is 2.45. The van der Waals surface area contributed by atoms with Crippen molar-refractivity contribution in [2.24, 2.45) is 22.7 Å². The van der Waals surface area contributed by atoms with Crippen molar-refractivity contribution in [3.63, 3.8) is 0 Å². The second-order valence-electron chi connectivity index (χ2n) is 16.5. The molecule has 2 N–H and O–H groups in total. The maximum Gasteiger partial charge on any atom is 0.309 e. The molecule has 2 aliphatic rings. The van der Waals surface area contributed by atoms with Crippen LogP contribution >= 0.6 is 0 Å². The van der Waals surface area contributed by atoms with Gasteiger partial charge in [-0.2, -0.15) is 0 Å². The van der Waals surface area contributed by atoms with Gasteiger partial charge in [0, 0.05) is 30.1 Å². The van der Waals surface area contributed by atoms with Crippen LogP contribution in [0.25, 0.3) is 22.3 Å². The molecule has 0 radical (unpaired) electrons. The highest BCUT2D eigenvalue weighted by Gasteiger charge is 2.44. The molecular weight excluding hydrogens is 745 g/mol. The van der Waals surface area contributed by atoms with E-state index >= 15 is 0 Å². The van der Waals surface area contributed by atoms with Crippen LogP contribution < -0.4 is 0 Å². The number of carbonyl (C=O) groups is 6. The lowest BCUT2D eigenvalue weighted by Gasteiger charge is -2.28. The van der Waals surface area contributed by atoms with Crippen LogP contribution in [-0.4, -0.2) is 52.6 Å². The number of Topliss-reactive ketones (excluding diaryl/α,β-unsaturated/α-hetero) is 3. The third kappa shape index (κ3) is 12.2. The summed E-state index contributed by atoms with van der Waals surface area (Å²) in [4.78, 5) is 73.4. The molecule has 0 aliphatic heterocycles. The molecule has 2 atom stereocenters. The van der Waals surface area contributed by atoms with Crippen LogP contribution in [0.3, 0.4) is 0 Å². The van der Waals surface area contributed by atoms with Crippen molar-refractivity contribution in [3.8, 4) is 22.3 Å². The Bertz CT molecular complexity index is 2040. The number of hydrogen-bond donors (Lipinski definition) is 2. The number of esters is 1. The first-order valence-corrected chi connectivity index (χ1v) is 20.7. The van der Waals surface area contributed by atoms with E-state index in [4.69, 9.17) is 4.74 Å². The maximum atomic E-state index is 13.2. The van der Waals surface area contributed by atoms with Crippen molar-refractivity contribution in [2.75, 3.05) is 7.11 Å². The third-order valence-corrected chi connectivity index (χ3v) is 12.2. The largest absolute Gasteiger partial charge is 0.481 e. The van der Waals surface area contributed by atoms with Gasteiger partial charge < -0.3 is 14.9 Å². The van der Waals surface area contributed by atoms with E-state index in [2.05, 4.69) is 12.1 Å². The Labute approximate surface area is 347 Å². The van der Waals surface area contributed by atoms with Gasteiger partial charge in [-0.15, -0.1) is 0 Å². The van der Waals surface area contributed by atoms with Gasteiger partial charge in [0.25, 0.3) is 0 Å². The van der Waals surface area contributed by atoms with Crippen LogP contribution in [0.1, 0.15) is 95.1 Å². The van der Waals surface area contributed by atoms with E-state index in [-0.39, 0.29) is 55.4 Å². The number of rotatable bonds is 18. The van der Waals surface area contributed by atoms with Crippen LogP contribution in [0.4, 0.5) is 0 Å². The molecule has 0 amide bonds. The van der Waals surface area contributed by atoms with Gasteiger partial charge in [0.2, 0.25) is 0 Å². The average molecular weight is 801 g/mol. The number of carbonyl (C=O) groups excluding carboxylic acids is 4. The predicted molar refractivity (Wildman–Crippen MR) is 226 cm³/mol. The molecule has 9 heteroatoms. The molecule has 0 spiro atoms. The van der Waals surface area contributed by atoms with Crippen LogP contribution in [-0.2, 0) is 46.3 Å². The number of carboxylic acids is 2. The number of hydrogen-bond acceptors (Lipinski definition) is 7. The molecule has 0 heterocycles. The van der Waals surface area contributed by atoms with Gasteiger partial charge in [0.1, 0.15) is 17.3 Å². The molecule has 6 rings (SSSR count). The van der Waals surface area contributed by atoms with Crippen molar-refractivity contribution in [1.82, 2.24) is 0 Å². The zero-order valence-corrected chi connectivity index (χ0v) is 34.2. The number of ketones is 3. The zero-order chi connectivity index (χ0) is 42.4. The minimum absolute atomic E-state index is 0.0338. The molecule has 310 valence electrons. The van der Waals surface area contributed by atoms with Gasteiger partial charge >= 0.3 is 17.9 Å². The molecule has 2 fully saturated rings. The maximum absolute atomic E-state index is 13.2. The van der Waals surface area contributed by atoms with Crippen molar-refractivity contribution < 1.29 is 43.7 Å². The van der Waals surface area contributed by atoms with Gasteiger partial charge in [0.15, 0.2) is 0 Å². The Balaban J connectivity index is 0.000000224. The van der Waals surface area contributed by atoms with Gasteiger partial charge in [-0.1, -0.05) is 135 Å². The number of aliphatic carboxylic acids is 2. The Kier molecular flexibility index (Phi) is 15.7. The van der Waals surface area contributed by atoms with E-state index in [9.17, 15) is 39.0 Å². The standard InChI is InChI=1S/C26H30O4.C24H26O5/c1-19(27)18-26(14-6-7-15-26)24(28)17-23(25(29)30-2)16-20-10-12-22(13-11-20)21-8-4-3-5-9-21;25-21(24(16-22(26)27)12-4-5-13-24)15-20(23(28)29)14-17-8-10-19(11-9-17)18-6-2-1-3-7-18/h3-5,8-13,23H,6-7,14-18H2,1-2H3;1-3,6-11,20H,4-5,12-16H2,(H,26,27)(H,28,29)/t23-;20-/m00/s1. The topological polar surface area (TPSA) is 152 Å². The summed E-state index contributed by atoms with van der Waals surface area (Å²) in [5, 5.41) is 18.9. The Morgan fingerprint density at radius 3 is 1.29 bits per heavy atom. The van der Waals surface area contributed by atoms with Gasteiger partial charge in [-0.25, -0.2) is 0 Å². The fourth-order valence-corrected chi connectivity index (χ4v) is 9.01. The first kappa shape index (κ1) is 44.4. The lowest BCUT2D eigenvalue weighted by atomic mass is 9.74. The molecule has 4 aromatic rings. The SMILES string of the molecule is COC(=O)[C@H](CC(=O)C1(CC(C)=O)CCCC1)Cc1ccc(-c2ccccc2)cc1.O=C(O)CC1(C(=O)C[C@H](Cc2ccc(-c3ccccc3)cc2)C(=O)O)CCCC1. The molecular formula is C50H56O9.